The summed E-state index contributed by atoms with van der Waals surface area (Å²) in [5.74, 6) is -0.0364. The van der Waals surface area contributed by atoms with Crippen molar-refractivity contribution < 1.29 is 9.90 Å². The average Bonchev–Trinajstić information content (AvgIpc) is 2.97. The minimum Gasteiger partial charge on any atom is -0.478 e. The van der Waals surface area contributed by atoms with Crippen molar-refractivity contribution in [2.45, 2.75) is 19.8 Å². The van der Waals surface area contributed by atoms with Gasteiger partial charge in [-0.05, 0) is 49.4 Å². The molecule has 3 nitrogen and oxygen atoms in total. The monoisotopic (exact) mass is 205 g/mol. The summed E-state index contributed by atoms with van der Waals surface area (Å²) < 4.78 is 0. The van der Waals surface area contributed by atoms with Gasteiger partial charge in [0.05, 0.1) is 5.56 Å². The van der Waals surface area contributed by atoms with Gasteiger partial charge in [-0.1, -0.05) is 0 Å². The lowest BCUT2D eigenvalue weighted by Crippen LogP contribution is -2.05. The normalized spacial score (nSPS) is 15.0. The summed E-state index contributed by atoms with van der Waals surface area (Å²) in [5.41, 5.74) is 2.21. The van der Waals surface area contributed by atoms with E-state index in [4.69, 9.17) is 5.11 Å². The Labute approximate surface area is 89.1 Å². The number of hydrogen-bond acceptors (Lipinski definition) is 2. The van der Waals surface area contributed by atoms with Crippen LogP contribution in [0.15, 0.2) is 18.2 Å². The first kappa shape index (κ1) is 10.0. The van der Waals surface area contributed by atoms with Crippen LogP contribution in [0.3, 0.4) is 0 Å². The zero-order valence-electron chi connectivity index (χ0n) is 8.79. The van der Waals surface area contributed by atoms with Gasteiger partial charge in [-0.2, -0.15) is 0 Å². The van der Waals surface area contributed by atoms with Crippen molar-refractivity contribution in [2.24, 2.45) is 5.92 Å². The highest BCUT2D eigenvalue weighted by Crippen LogP contribution is 2.29. The predicted octanol–water partition coefficient (Wildman–Crippen LogP) is 2.52. The first-order chi connectivity index (χ1) is 7.16. The molecule has 0 aliphatic heterocycles. The highest BCUT2D eigenvalue weighted by molar-refractivity contribution is 5.89. The lowest BCUT2D eigenvalue weighted by atomic mass is 10.1. The van der Waals surface area contributed by atoms with Gasteiger partial charge in [-0.15, -0.1) is 0 Å². The minimum absolute atomic E-state index is 0.381. The Balaban J connectivity index is 2.06. The maximum absolute atomic E-state index is 10.8. The third kappa shape index (κ3) is 2.49. The smallest absolute Gasteiger partial charge is 0.335 e. The van der Waals surface area contributed by atoms with E-state index in [1.165, 1.54) is 12.8 Å². The summed E-state index contributed by atoms with van der Waals surface area (Å²) >= 11 is 0. The Kier molecular flexibility index (Phi) is 2.62. The molecule has 0 unspecified atom stereocenters. The van der Waals surface area contributed by atoms with Gasteiger partial charge in [-0.25, -0.2) is 4.79 Å². The van der Waals surface area contributed by atoms with Gasteiger partial charge in [0.1, 0.15) is 0 Å². The van der Waals surface area contributed by atoms with Crippen LogP contribution in [0.1, 0.15) is 28.8 Å². The Morgan fingerprint density at radius 3 is 2.80 bits per heavy atom. The van der Waals surface area contributed by atoms with E-state index in [9.17, 15) is 4.79 Å². The molecule has 0 atom stereocenters. The minimum atomic E-state index is -0.860. The summed E-state index contributed by atoms with van der Waals surface area (Å²) in [6.45, 7) is 2.83. The Bertz CT molecular complexity index is 383. The molecular weight excluding hydrogens is 190 g/mol. The van der Waals surface area contributed by atoms with E-state index >= 15 is 0 Å². The van der Waals surface area contributed by atoms with Crippen LogP contribution in [0.5, 0.6) is 0 Å². The number of hydrogen-bond donors (Lipinski definition) is 2. The molecule has 3 heteroatoms. The molecular formula is C12H15NO2. The second-order valence-electron chi connectivity index (χ2n) is 4.16. The van der Waals surface area contributed by atoms with Crippen LogP contribution >= 0.6 is 0 Å². The number of rotatable bonds is 4. The Hall–Kier alpha value is -1.51. The van der Waals surface area contributed by atoms with Gasteiger partial charge < -0.3 is 10.4 Å². The second kappa shape index (κ2) is 3.93. The molecule has 0 amide bonds. The molecule has 0 heterocycles. The first-order valence-electron chi connectivity index (χ1n) is 5.24. The van der Waals surface area contributed by atoms with Crippen molar-refractivity contribution >= 4 is 11.7 Å². The van der Waals surface area contributed by atoms with Crippen LogP contribution in [0, 0.1) is 12.8 Å². The maximum atomic E-state index is 10.8. The molecule has 80 valence electrons. The van der Waals surface area contributed by atoms with Gasteiger partial charge in [0.25, 0.3) is 0 Å². The number of carboxylic acids is 1. The van der Waals surface area contributed by atoms with Crippen molar-refractivity contribution in [2.75, 3.05) is 11.9 Å². The molecule has 2 N–H and O–H groups in total. The topological polar surface area (TPSA) is 49.3 Å². The SMILES string of the molecule is Cc1cc(NCC2CC2)ccc1C(=O)O. The highest BCUT2D eigenvalue weighted by atomic mass is 16.4. The fourth-order valence-electron chi connectivity index (χ4n) is 1.60. The lowest BCUT2D eigenvalue weighted by Gasteiger charge is -2.07. The zero-order chi connectivity index (χ0) is 10.8. The van der Waals surface area contributed by atoms with Crippen LogP contribution in [0.25, 0.3) is 0 Å². The van der Waals surface area contributed by atoms with Crippen LogP contribution in [0.2, 0.25) is 0 Å². The van der Waals surface area contributed by atoms with Crippen molar-refractivity contribution in [3.05, 3.63) is 29.3 Å². The molecule has 1 aromatic rings. The standard InChI is InChI=1S/C12H15NO2/c1-8-6-10(13-7-9-2-3-9)4-5-11(8)12(14)15/h4-6,9,13H,2-3,7H2,1H3,(H,14,15). The number of nitrogens with one attached hydrogen (secondary N) is 1. The quantitative estimate of drug-likeness (QED) is 0.794. The molecule has 1 aliphatic rings. The fourth-order valence-corrected chi connectivity index (χ4v) is 1.60. The second-order valence-corrected chi connectivity index (χ2v) is 4.16. The highest BCUT2D eigenvalue weighted by Gasteiger charge is 2.20. The molecule has 15 heavy (non-hydrogen) atoms. The maximum Gasteiger partial charge on any atom is 0.335 e. The van der Waals surface area contributed by atoms with Crippen LogP contribution in [0.4, 0.5) is 5.69 Å². The summed E-state index contributed by atoms with van der Waals surface area (Å²) in [4.78, 5) is 10.8. The van der Waals surface area contributed by atoms with E-state index in [2.05, 4.69) is 5.32 Å². The molecule has 0 aromatic heterocycles. The summed E-state index contributed by atoms with van der Waals surface area (Å²) in [7, 11) is 0. The number of benzene rings is 1. The van der Waals surface area contributed by atoms with Gasteiger partial charge >= 0.3 is 5.97 Å². The summed E-state index contributed by atoms with van der Waals surface area (Å²) in [5, 5.41) is 12.2. The molecule has 0 radical (unpaired) electrons. The van der Waals surface area contributed by atoms with E-state index in [1.54, 1.807) is 6.07 Å². The van der Waals surface area contributed by atoms with Gasteiger partial charge in [-0.3, -0.25) is 0 Å². The molecule has 1 fully saturated rings. The third-order valence-corrected chi connectivity index (χ3v) is 2.75. The molecule has 1 aromatic carbocycles. The van der Waals surface area contributed by atoms with E-state index in [1.807, 2.05) is 19.1 Å². The average molecular weight is 205 g/mol. The first-order valence-corrected chi connectivity index (χ1v) is 5.24. The lowest BCUT2D eigenvalue weighted by molar-refractivity contribution is 0.0696. The van der Waals surface area contributed by atoms with Crippen LogP contribution in [-0.4, -0.2) is 17.6 Å². The Morgan fingerprint density at radius 2 is 2.27 bits per heavy atom. The van der Waals surface area contributed by atoms with E-state index in [0.717, 1.165) is 23.7 Å². The summed E-state index contributed by atoms with van der Waals surface area (Å²) in [6.07, 6.45) is 2.64. The fraction of sp³-hybridized carbons (Fsp3) is 0.417. The van der Waals surface area contributed by atoms with E-state index < -0.39 is 5.97 Å². The third-order valence-electron chi connectivity index (χ3n) is 2.75. The van der Waals surface area contributed by atoms with Gasteiger partial charge in [0, 0.05) is 12.2 Å². The van der Waals surface area contributed by atoms with Crippen molar-refractivity contribution in [3.8, 4) is 0 Å². The van der Waals surface area contributed by atoms with E-state index in [0.29, 0.717) is 5.56 Å². The zero-order valence-corrected chi connectivity index (χ0v) is 8.79. The molecule has 0 saturated heterocycles. The van der Waals surface area contributed by atoms with Gasteiger partial charge in [0.2, 0.25) is 0 Å². The van der Waals surface area contributed by atoms with Crippen LogP contribution < -0.4 is 5.32 Å². The number of carboxylic acid groups (broad SMARTS) is 1. The van der Waals surface area contributed by atoms with Crippen molar-refractivity contribution in [3.63, 3.8) is 0 Å². The number of aromatic carboxylic acids is 1. The number of carbonyl (C=O) groups is 1. The van der Waals surface area contributed by atoms with E-state index in [-0.39, 0.29) is 0 Å². The molecule has 2 rings (SSSR count). The largest absolute Gasteiger partial charge is 0.478 e. The number of aryl methyl sites for hydroxylation is 1. The molecule has 0 bridgehead atoms. The van der Waals surface area contributed by atoms with Crippen molar-refractivity contribution in [1.29, 1.82) is 0 Å². The molecule has 1 saturated carbocycles. The van der Waals surface area contributed by atoms with Gasteiger partial charge in [0.15, 0.2) is 0 Å². The number of anilines is 1. The Morgan fingerprint density at radius 1 is 1.53 bits per heavy atom. The van der Waals surface area contributed by atoms with Crippen molar-refractivity contribution in [1.82, 2.24) is 0 Å². The molecule has 0 spiro atoms. The predicted molar refractivity (Wildman–Crippen MR) is 59.4 cm³/mol. The summed E-state index contributed by atoms with van der Waals surface area (Å²) in [6, 6.07) is 5.39. The molecule has 1 aliphatic carbocycles. The van der Waals surface area contributed by atoms with Crippen LogP contribution in [-0.2, 0) is 0 Å².